The molecule has 0 radical (unpaired) electrons. The van der Waals surface area contributed by atoms with E-state index in [4.69, 9.17) is 10.00 Å². The highest BCUT2D eigenvalue weighted by molar-refractivity contribution is 6.03. The first-order valence-corrected chi connectivity index (χ1v) is 12.5. The lowest BCUT2D eigenvalue weighted by atomic mass is 9.90. The summed E-state index contributed by atoms with van der Waals surface area (Å²) < 4.78 is 31.0. The number of carbonyl (C=O) groups excluding carboxylic acids is 1. The van der Waals surface area contributed by atoms with Crippen LogP contribution in [0.2, 0.25) is 0 Å². The molecule has 0 atom stereocenters. The molecule has 4 rings (SSSR count). The highest BCUT2D eigenvalue weighted by atomic mass is 19.3. The number of rotatable bonds is 9. The van der Waals surface area contributed by atoms with Crippen LogP contribution in [0.5, 0.6) is 5.75 Å². The Morgan fingerprint density at radius 2 is 1.95 bits per heavy atom. The monoisotopic (exact) mass is 519 g/mol. The summed E-state index contributed by atoms with van der Waals surface area (Å²) in [7, 11) is 4.16. The zero-order valence-corrected chi connectivity index (χ0v) is 21.5. The number of nitrogens with zero attached hydrogens (tertiary/aromatic N) is 3. The minimum atomic E-state index is -3.02. The Balaban J connectivity index is 1.66. The van der Waals surface area contributed by atoms with E-state index in [-0.39, 0.29) is 29.8 Å². The molecule has 1 aliphatic carbocycles. The maximum absolute atomic E-state index is 13.3. The van der Waals surface area contributed by atoms with Crippen molar-refractivity contribution in [3.8, 4) is 22.9 Å². The van der Waals surface area contributed by atoms with Crippen molar-refractivity contribution < 1.29 is 18.3 Å². The first kappa shape index (κ1) is 27.0. The Kier molecular flexibility index (Phi) is 8.54. The van der Waals surface area contributed by atoms with Gasteiger partial charge in [-0.15, -0.1) is 0 Å². The molecular formula is C29H31F2N5O2. The van der Waals surface area contributed by atoms with Crippen molar-refractivity contribution in [1.29, 1.82) is 5.26 Å². The molecule has 38 heavy (non-hydrogen) atoms. The van der Waals surface area contributed by atoms with Crippen LogP contribution in [0.25, 0.3) is 21.9 Å². The van der Waals surface area contributed by atoms with Gasteiger partial charge >= 0.3 is 6.61 Å². The number of anilines is 1. The van der Waals surface area contributed by atoms with Gasteiger partial charge in [-0.05, 0) is 68.9 Å². The Hall–Kier alpha value is -4.03. The third-order valence-electron chi connectivity index (χ3n) is 6.93. The van der Waals surface area contributed by atoms with E-state index in [0.29, 0.717) is 33.9 Å². The minimum Gasteiger partial charge on any atom is -0.433 e. The molecule has 0 spiro atoms. The highest BCUT2D eigenvalue weighted by Gasteiger charge is 2.25. The van der Waals surface area contributed by atoms with Gasteiger partial charge in [-0.1, -0.05) is 30.8 Å². The third kappa shape index (κ3) is 6.26. The Labute approximate surface area is 221 Å². The number of carbonyl (C=O) groups is 1. The number of aromatic nitrogens is 1. The third-order valence-corrected chi connectivity index (χ3v) is 6.93. The molecule has 2 N–H and O–H groups in total. The molecule has 0 bridgehead atoms. The summed E-state index contributed by atoms with van der Waals surface area (Å²) in [6.45, 7) is 0.697. The zero-order chi connectivity index (χ0) is 27.2. The van der Waals surface area contributed by atoms with E-state index in [1.165, 1.54) is 6.07 Å². The van der Waals surface area contributed by atoms with Gasteiger partial charge in [0.2, 0.25) is 0 Å². The quantitative estimate of drug-likeness (QED) is 0.358. The number of nitriles is 1. The largest absolute Gasteiger partial charge is 0.433 e. The summed E-state index contributed by atoms with van der Waals surface area (Å²) in [4.78, 5) is 19.9. The molecule has 0 unspecified atom stereocenters. The number of amides is 1. The maximum Gasteiger partial charge on any atom is 0.387 e. The van der Waals surface area contributed by atoms with E-state index in [1.54, 1.807) is 24.4 Å². The van der Waals surface area contributed by atoms with Crippen LogP contribution in [0, 0.1) is 11.3 Å². The molecule has 0 aliphatic heterocycles. The van der Waals surface area contributed by atoms with Crippen LogP contribution in [0.3, 0.4) is 0 Å². The van der Waals surface area contributed by atoms with Crippen molar-refractivity contribution in [2.24, 2.45) is 0 Å². The lowest BCUT2D eigenvalue weighted by molar-refractivity contribution is -0.0492. The smallest absolute Gasteiger partial charge is 0.387 e. The first-order chi connectivity index (χ1) is 18.3. The average Bonchev–Trinajstić information content (AvgIpc) is 2.91. The summed E-state index contributed by atoms with van der Waals surface area (Å²) in [5, 5.41) is 16.6. The summed E-state index contributed by atoms with van der Waals surface area (Å²) in [6, 6.07) is 14.8. The van der Waals surface area contributed by atoms with E-state index in [9.17, 15) is 13.6 Å². The molecule has 2 aromatic carbocycles. The number of halogens is 2. The van der Waals surface area contributed by atoms with Crippen molar-refractivity contribution in [3.05, 3.63) is 66.5 Å². The lowest BCUT2D eigenvalue weighted by Crippen LogP contribution is -2.42. The number of hydrogen-bond donors (Lipinski definition) is 2. The molecule has 0 saturated heterocycles. The topological polar surface area (TPSA) is 90.3 Å². The average molecular weight is 520 g/mol. The number of pyridine rings is 1. The number of ether oxygens (including phenoxy) is 1. The molecular weight excluding hydrogens is 488 g/mol. The molecule has 1 aromatic heterocycles. The van der Waals surface area contributed by atoms with Gasteiger partial charge in [0.05, 0.1) is 11.8 Å². The summed E-state index contributed by atoms with van der Waals surface area (Å²) in [5.41, 5.74) is 2.18. The molecule has 1 fully saturated rings. The van der Waals surface area contributed by atoms with Gasteiger partial charge in [0.15, 0.2) is 0 Å². The van der Waals surface area contributed by atoms with Gasteiger partial charge in [0.25, 0.3) is 5.91 Å². The zero-order valence-electron chi connectivity index (χ0n) is 21.5. The van der Waals surface area contributed by atoms with E-state index in [2.05, 4.69) is 41.2 Å². The molecule has 198 valence electrons. The van der Waals surface area contributed by atoms with E-state index >= 15 is 0 Å². The van der Waals surface area contributed by atoms with Crippen molar-refractivity contribution in [2.45, 2.75) is 44.4 Å². The van der Waals surface area contributed by atoms with Gasteiger partial charge in [0, 0.05) is 41.3 Å². The van der Waals surface area contributed by atoms with Crippen molar-refractivity contribution in [3.63, 3.8) is 0 Å². The number of nitrogens with one attached hydrogen (secondary N) is 2. The second kappa shape index (κ2) is 12.0. The Morgan fingerprint density at radius 1 is 1.21 bits per heavy atom. The van der Waals surface area contributed by atoms with Crippen LogP contribution in [0.1, 0.15) is 36.2 Å². The molecule has 1 heterocycles. The van der Waals surface area contributed by atoms with Crippen LogP contribution in [0.15, 0.2) is 60.8 Å². The molecule has 3 aromatic rings. The summed E-state index contributed by atoms with van der Waals surface area (Å²) in [6.07, 6.45) is 5.44. The van der Waals surface area contributed by atoms with Crippen LogP contribution >= 0.6 is 0 Å². The van der Waals surface area contributed by atoms with Gasteiger partial charge in [-0.2, -0.15) is 14.0 Å². The molecule has 1 amide bonds. The number of hydrogen-bond acceptors (Lipinski definition) is 6. The van der Waals surface area contributed by atoms with Gasteiger partial charge in [-0.3, -0.25) is 9.78 Å². The maximum atomic E-state index is 13.3. The summed E-state index contributed by atoms with van der Waals surface area (Å²) >= 11 is 0. The second-order valence-corrected chi connectivity index (χ2v) is 9.66. The van der Waals surface area contributed by atoms with E-state index < -0.39 is 6.61 Å². The fourth-order valence-electron chi connectivity index (χ4n) is 4.89. The highest BCUT2D eigenvalue weighted by Crippen LogP contribution is 2.37. The molecule has 7 nitrogen and oxygen atoms in total. The van der Waals surface area contributed by atoms with Crippen molar-refractivity contribution >= 4 is 22.4 Å². The van der Waals surface area contributed by atoms with Crippen LogP contribution in [-0.2, 0) is 0 Å². The molecule has 9 heteroatoms. The molecule has 1 aliphatic rings. The fourth-order valence-corrected chi connectivity index (χ4v) is 4.89. The fraction of sp³-hybridized carbons (Fsp3) is 0.345. The van der Waals surface area contributed by atoms with Crippen molar-refractivity contribution in [1.82, 2.24) is 15.2 Å². The molecule has 1 saturated carbocycles. The van der Waals surface area contributed by atoms with Crippen LogP contribution < -0.4 is 15.4 Å². The second-order valence-electron chi connectivity index (χ2n) is 9.66. The first-order valence-electron chi connectivity index (χ1n) is 12.5. The van der Waals surface area contributed by atoms with Gasteiger partial charge < -0.3 is 20.3 Å². The van der Waals surface area contributed by atoms with E-state index in [0.717, 1.165) is 31.1 Å². The Bertz CT molecular complexity index is 1360. The SMILES string of the molecule is C=C(C#N)CNc1c(OC(F)F)ccc2ccc(-c3cccnc3C(=O)NC3CCC(N(C)C)CC3)cc12. The summed E-state index contributed by atoms with van der Waals surface area (Å²) in [5.74, 6) is -0.291. The lowest BCUT2D eigenvalue weighted by Gasteiger charge is -2.33. The Morgan fingerprint density at radius 3 is 2.63 bits per heavy atom. The van der Waals surface area contributed by atoms with Gasteiger partial charge in [-0.25, -0.2) is 0 Å². The standard InChI is InChI=1S/C29H31F2N5O2/c1-18(16-32)17-34-26-24-15-20(7-6-19(24)8-13-25(26)38-29(30)31)23-5-4-14-33-27(23)28(37)35-21-9-11-22(12-10-21)36(2)3/h4-8,13-15,21-22,29,34H,1,9-12,17H2,2-3H3,(H,35,37). The van der Waals surface area contributed by atoms with Crippen molar-refractivity contribution in [2.75, 3.05) is 26.0 Å². The number of fused-ring (bicyclic) bond motifs is 1. The minimum absolute atomic E-state index is 0.0483. The van der Waals surface area contributed by atoms with Gasteiger partial charge in [0.1, 0.15) is 11.4 Å². The van der Waals surface area contributed by atoms with Crippen LogP contribution in [-0.4, -0.2) is 55.1 Å². The van der Waals surface area contributed by atoms with E-state index in [1.807, 2.05) is 24.3 Å². The number of alkyl halides is 2. The predicted octanol–water partition coefficient (Wildman–Crippen LogP) is 5.60. The normalized spacial score (nSPS) is 17.3. The van der Waals surface area contributed by atoms with Crippen LogP contribution in [0.4, 0.5) is 14.5 Å². The predicted molar refractivity (Wildman–Crippen MR) is 144 cm³/mol. The number of benzene rings is 2.